The van der Waals surface area contributed by atoms with Crippen molar-refractivity contribution >= 4 is 34.8 Å². The van der Waals surface area contributed by atoms with Gasteiger partial charge in [0.05, 0.1) is 15.7 Å². The van der Waals surface area contributed by atoms with Gasteiger partial charge in [-0.3, -0.25) is 19.5 Å². The Labute approximate surface area is 214 Å². The van der Waals surface area contributed by atoms with Gasteiger partial charge in [0.15, 0.2) is 16.7 Å². The molecule has 0 saturated heterocycles. The fraction of sp³-hybridized carbons (Fsp3) is 0.0385. The van der Waals surface area contributed by atoms with Crippen molar-refractivity contribution in [2.24, 2.45) is 0 Å². The van der Waals surface area contributed by atoms with Crippen LogP contribution in [-0.2, 0) is 0 Å². The Morgan fingerprint density at radius 3 is 2.39 bits per heavy atom. The molecule has 0 bridgehead atoms. The second kappa shape index (κ2) is 10.2. The molecule has 178 valence electrons. The molecule has 2 heterocycles. The second-order valence-corrected chi connectivity index (χ2v) is 8.99. The molecule has 0 radical (unpaired) electrons. The van der Waals surface area contributed by atoms with Gasteiger partial charge in [-0.15, -0.1) is 10.2 Å². The van der Waals surface area contributed by atoms with E-state index in [0.717, 1.165) is 11.3 Å². The number of halogens is 1. The summed E-state index contributed by atoms with van der Waals surface area (Å²) >= 11 is 7.45. The van der Waals surface area contributed by atoms with Crippen LogP contribution in [0.2, 0.25) is 5.02 Å². The molecule has 0 spiro atoms. The van der Waals surface area contributed by atoms with Crippen molar-refractivity contribution in [2.45, 2.75) is 5.16 Å². The van der Waals surface area contributed by atoms with Crippen molar-refractivity contribution in [3.8, 4) is 28.4 Å². The van der Waals surface area contributed by atoms with Gasteiger partial charge in [0.25, 0.3) is 5.69 Å². The third kappa shape index (κ3) is 4.79. The predicted octanol–water partition coefficient (Wildman–Crippen LogP) is 6.73. The highest BCUT2D eigenvalue weighted by Crippen LogP contribution is 2.33. The van der Waals surface area contributed by atoms with Gasteiger partial charge in [-0.05, 0) is 30.3 Å². The first-order valence-electron chi connectivity index (χ1n) is 10.8. The van der Waals surface area contributed by atoms with Gasteiger partial charge in [-0.25, -0.2) is 0 Å². The minimum absolute atomic E-state index is 0.0701. The number of benzene rings is 3. The number of Topliss-reactive ketones (excluding diaryl/α,β-unsaturated/α-hetero) is 1. The first-order valence-corrected chi connectivity index (χ1v) is 12.1. The van der Waals surface area contributed by atoms with E-state index in [1.54, 1.807) is 12.1 Å². The summed E-state index contributed by atoms with van der Waals surface area (Å²) in [5.74, 6) is 1.00. The van der Waals surface area contributed by atoms with E-state index in [2.05, 4.69) is 10.2 Å². The maximum Gasteiger partial charge on any atom is 0.270 e. The van der Waals surface area contributed by atoms with Gasteiger partial charge in [0, 0.05) is 28.9 Å². The average molecular weight is 517 g/mol. The first kappa shape index (κ1) is 23.5. The first-order chi connectivity index (χ1) is 17.5. The number of hydrogen-bond donors (Lipinski definition) is 0. The van der Waals surface area contributed by atoms with E-state index in [9.17, 15) is 14.9 Å². The largest absolute Gasteiger partial charge is 0.453 e. The molecule has 3 aromatic carbocycles. The SMILES string of the molecule is O=C(CSc1nnc(-c2ccccc2)n1-c1ccccc1)c1ccc(-c2ccc([N+](=O)[O-])cc2Cl)o1. The third-order valence-corrected chi connectivity index (χ3v) is 6.56. The Morgan fingerprint density at radius 1 is 0.972 bits per heavy atom. The van der Waals surface area contributed by atoms with Gasteiger partial charge in [-0.1, -0.05) is 71.9 Å². The minimum Gasteiger partial charge on any atom is -0.453 e. The van der Waals surface area contributed by atoms with E-state index in [-0.39, 0.29) is 28.0 Å². The number of ketones is 1. The molecule has 0 unspecified atom stereocenters. The Bertz CT molecular complexity index is 1550. The number of nitrogens with zero attached hydrogens (tertiary/aromatic N) is 4. The molecule has 0 fully saturated rings. The lowest BCUT2D eigenvalue weighted by Gasteiger charge is -2.10. The number of nitro groups is 1. The number of aromatic nitrogens is 3. The van der Waals surface area contributed by atoms with E-state index in [1.807, 2.05) is 65.2 Å². The number of non-ortho nitro benzene ring substituents is 1. The number of carbonyl (C=O) groups is 1. The van der Waals surface area contributed by atoms with Crippen LogP contribution >= 0.6 is 23.4 Å². The Kier molecular flexibility index (Phi) is 6.66. The molecule has 5 aromatic rings. The fourth-order valence-electron chi connectivity index (χ4n) is 3.60. The predicted molar refractivity (Wildman–Crippen MR) is 138 cm³/mol. The minimum atomic E-state index is -0.526. The molecule has 10 heteroatoms. The zero-order chi connectivity index (χ0) is 25.1. The van der Waals surface area contributed by atoms with Crippen LogP contribution in [0.3, 0.4) is 0 Å². The van der Waals surface area contributed by atoms with Crippen molar-refractivity contribution in [2.75, 3.05) is 5.75 Å². The van der Waals surface area contributed by atoms with E-state index < -0.39 is 4.92 Å². The van der Waals surface area contributed by atoms with E-state index in [0.29, 0.717) is 22.3 Å². The average Bonchev–Trinajstić information content (AvgIpc) is 3.56. The van der Waals surface area contributed by atoms with Crippen LogP contribution in [-0.4, -0.2) is 31.2 Å². The summed E-state index contributed by atoms with van der Waals surface area (Å²) in [4.78, 5) is 23.3. The Hall–Kier alpha value is -4.21. The number of rotatable bonds is 8. The van der Waals surface area contributed by atoms with Crippen molar-refractivity contribution < 1.29 is 14.1 Å². The summed E-state index contributed by atoms with van der Waals surface area (Å²) in [6, 6.07) is 26.7. The van der Waals surface area contributed by atoms with Crippen LogP contribution in [0.25, 0.3) is 28.4 Å². The summed E-state index contributed by atoms with van der Waals surface area (Å²) < 4.78 is 7.64. The zero-order valence-electron chi connectivity index (χ0n) is 18.6. The molecule has 0 atom stereocenters. The van der Waals surface area contributed by atoms with Crippen molar-refractivity contribution in [1.82, 2.24) is 14.8 Å². The Morgan fingerprint density at radius 2 is 1.69 bits per heavy atom. The van der Waals surface area contributed by atoms with Crippen LogP contribution in [0.4, 0.5) is 5.69 Å². The summed E-state index contributed by atoms with van der Waals surface area (Å²) in [6.45, 7) is 0. The number of carbonyl (C=O) groups excluding carboxylic acids is 1. The summed E-state index contributed by atoms with van der Waals surface area (Å²) in [5, 5.41) is 20.4. The van der Waals surface area contributed by atoms with Gasteiger partial charge < -0.3 is 4.42 Å². The lowest BCUT2D eigenvalue weighted by Crippen LogP contribution is -2.04. The van der Waals surface area contributed by atoms with Gasteiger partial charge >= 0.3 is 0 Å². The maximum atomic E-state index is 12.9. The number of thioether (sulfide) groups is 1. The molecule has 8 nitrogen and oxygen atoms in total. The van der Waals surface area contributed by atoms with E-state index >= 15 is 0 Å². The van der Waals surface area contributed by atoms with Crippen LogP contribution in [0.5, 0.6) is 0 Å². The monoisotopic (exact) mass is 516 g/mol. The zero-order valence-corrected chi connectivity index (χ0v) is 20.1. The molecule has 0 aliphatic rings. The molecule has 2 aromatic heterocycles. The normalized spacial score (nSPS) is 10.9. The fourth-order valence-corrected chi connectivity index (χ4v) is 4.69. The topological polar surface area (TPSA) is 104 Å². The molecule has 0 aliphatic carbocycles. The van der Waals surface area contributed by atoms with Gasteiger partial charge in [0.1, 0.15) is 5.76 Å². The smallest absolute Gasteiger partial charge is 0.270 e. The van der Waals surface area contributed by atoms with Crippen LogP contribution in [0.1, 0.15) is 10.6 Å². The quantitative estimate of drug-likeness (QED) is 0.0974. The number of nitro benzene ring substituents is 1. The van der Waals surface area contributed by atoms with Crippen LogP contribution in [0, 0.1) is 10.1 Å². The standard InChI is InChI=1S/C26H17ClN4O4S/c27-21-15-19(31(33)34)11-12-20(21)23-13-14-24(35-23)22(32)16-36-26-29-28-25(17-7-3-1-4-8-17)30(26)18-9-5-2-6-10-18/h1-15H,16H2. The molecule has 0 N–H and O–H groups in total. The number of para-hydroxylation sites is 1. The molecule has 0 saturated carbocycles. The molecule has 5 rings (SSSR count). The number of hydrogen-bond acceptors (Lipinski definition) is 7. The summed E-state index contributed by atoms with van der Waals surface area (Å²) in [6.07, 6.45) is 0. The van der Waals surface area contributed by atoms with Crippen molar-refractivity contribution in [3.05, 3.63) is 112 Å². The molecule has 0 amide bonds. The van der Waals surface area contributed by atoms with E-state index in [4.69, 9.17) is 16.0 Å². The highest BCUT2D eigenvalue weighted by atomic mass is 35.5. The van der Waals surface area contributed by atoms with Gasteiger partial charge in [-0.2, -0.15) is 0 Å². The van der Waals surface area contributed by atoms with Crippen LogP contribution in [0.15, 0.2) is 101 Å². The number of furan rings is 1. The lowest BCUT2D eigenvalue weighted by molar-refractivity contribution is -0.384. The van der Waals surface area contributed by atoms with E-state index in [1.165, 1.54) is 30.0 Å². The van der Waals surface area contributed by atoms with Gasteiger partial charge in [0.2, 0.25) is 5.78 Å². The second-order valence-electron chi connectivity index (χ2n) is 7.64. The van der Waals surface area contributed by atoms with Crippen LogP contribution < -0.4 is 0 Å². The third-order valence-electron chi connectivity index (χ3n) is 5.32. The highest BCUT2D eigenvalue weighted by Gasteiger charge is 2.20. The summed E-state index contributed by atoms with van der Waals surface area (Å²) in [5.41, 5.74) is 2.12. The molecular weight excluding hydrogens is 500 g/mol. The lowest BCUT2D eigenvalue weighted by atomic mass is 10.1. The highest BCUT2D eigenvalue weighted by molar-refractivity contribution is 7.99. The molecular formula is C26H17ClN4O4S. The van der Waals surface area contributed by atoms with Crippen molar-refractivity contribution in [3.63, 3.8) is 0 Å². The Balaban J connectivity index is 1.37. The maximum absolute atomic E-state index is 12.9. The van der Waals surface area contributed by atoms with Crippen molar-refractivity contribution in [1.29, 1.82) is 0 Å². The molecule has 0 aliphatic heterocycles. The summed E-state index contributed by atoms with van der Waals surface area (Å²) in [7, 11) is 0. The molecule has 36 heavy (non-hydrogen) atoms.